The summed E-state index contributed by atoms with van der Waals surface area (Å²) in [5.74, 6) is 0. The van der Waals surface area contributed by atoms with Crippen LogP contribution in [0, 0.1) is 17.0 Å². The summed E-state index contributed by atoms with van der Waals surface area (Å²) in [7, 11) is -1.83. The van der Waals surface area contributed by atoms with Crippen molar-refractivity contribution in [1.29, 1.82) is 0 Å². The first-order chi connectivity index (χ1) is 11.8. The molecule has 0 aliphatic carbocycles. The lowest BCUT2D eigenvalue weighted by Crippen LogP contribution is -2.28. The van der Waals surface area contributed by atoms with Gasteiger partial charge in [-0.3, -0.25) is 10.1 Å². The molecular formula is C17H21N3O4S. The van der Waals surface area contributed by atoms with Gasteiger partial charge in [0, 0.05) is 37.5 Å². The lowest BCUT2D eigenvalue weighted by Gasteiger charge is -2.19. The minimum Gasteiger partial charge on any atom is -0.375 e. The summed E-state index contributed by atoms with van der Waals surface area (Å²) < 4.78 is 27.1. The van der Waals surface area contributed by atoms with E-state index in [0.717, 1.165) is 11.8 Å². The number of nitro benzene ring substituents is 1. The van der Waals surface area contributed by atoms with Gasteiger partial charge in [-0.2, -0.15) is 0 Å². The van der Waals surface area contributed by atoms with Crippen LogP contribution in [-0.2, 0) is 10.0 Å². The maximum atomic E-state index is 12.3. The number of benzene rings is 2. The summed E-state index contributed by atoms with van der Waals surface area (Å²) >= 11 is 0. The molecule has 2 aromatic rings. The third-order valence-corrected chi connectivity index (χ3v) is 5.31. The van der Waals surface area contributed by atoms with Crippen molar-refractivity contribution in [2.24, 2.45) is 0 Å². The van der Waals surface area contributed by atoms with Crippen LogP contribution in [0.3, 0.4) is 0 Å². The average Bonchev–Trinajstić information content (AvgIpc) is 2.59. The second-order valence-corrected chi connectivity index (χ2v) is 7.48. The molecule has 0 atom stereocenters. The SMILES string of the molecule is Cc1ccc(S(=O)(=O)NCCCN(C)c2ccccc2)cc1[N+](=O)[O-]. The van der Waals surface area contributed by atoms with Gasteiger partial charge in [0.05, 0.1) is 9.82 Å². The summed E-state index contributed by atoms with van der Waals surface area (Å²) in [6.07, 6.45) is 0.610. The molecule has 0 fully saturated rings. The molecule has 0 aliphatic rings. The molecule has 0 aromatic heterocycles. The highest BCUT2D eigenvalue weighted by Gasteiger charge is 2.19. The van der Waals surface area contributed by atoms with Crippen molar-refractivity contribution in [3.63, 3.8) is 0 Å². The maximum absolute atomic E-state index is 12.3. The molecule has 0 saturated heterocycles. The van der Waals surface area contributed by atoms with Gasteiger partial charge in [-0.25, -0.2) is 13.1 Å². The first-order valence-electron chi connectivity index (χ1n) is 7.82. The highest BCUT2D eigenvalue weighted by molar-refractivity contribution is 7.89. The highest BCUT2D eigenvalue weighted by atomic mass is 32.2. The van der Waals surface area contributed by atoms with Gasteiger partial charge >= 0.3 is 0 Å². The minimum absolute atomic E-state index is 0.0961. The van der Waals surface area contributed by atoms with Crippen molar-refractivity contribution in [3.05, 3.63) is 64.2 Å². The molecule has 0 spiro atoms. The van der Waals surface area contributed by atoms with Gasteiger partial charge in [0.25, 0.3) is 5.69 Å². The molecule has 0 heterocycles. The molecule has 0 radical (unpaired) electrons. The zero-order valence-electron chi connectivity index (χ0n) is 14.2. The fraction of sp³-hybridized carbons (Fsp3) is 0.294. The molecule has 134 valence electrons. The van der Waals surface area contributed by atoms with E-state index in [1.54, 1.807) is 6.92 Å². The number of anilines is 1. The topological polar surface area (TPSA) is 92.6 Å². The number of hydrogen-bond acceptors (Lipinski definition) is 5. The standard InChI is InChI=1S/C17H21N3O4S/c1-14-9-10-16(13-17(14)20(21)22)25(23,24)18-11-6-12-19(2)15-7-4-3-5-8-15/h3-5,7-10,13,18H,6,11-12H2,1-2H3. The molecular weight excluding hydrogens is 342 g/mol. The predicted molar refractivity (Wildman–Crippen MR) is 97.4 cm³/mol. The molecule has 0 amide bonds. The fourth-order valence-corrected chi connectivity index (χ4v) is 3.46. The third kappa shape index (κ3) is 5.01. The van der Waals surface area contributed by atoms with Crippen LogP contribution in [0.5, 0.6) is 0 Å². The van der Waals surface area contributed by atoms with Gasteiger partial charge in [0.1, 0.15) is 0 Å². The van der Waals surface area contributed by atoms with Crippen molar-refractivity contribution >= 4 is 21.4 Å². The first kappa shape index (κ1) is 18.9. The van der Waals surface area contributed by atoms with E-state index >= 15 is 0 Å². The Labute approximate surface area is 147 Å². The Morgan fingerprint density at radius 2 is 1.84 bits per heavy atom. The quantitative estimate of drug-likeness (QED) is 0.442. The number of nitrogens with one attached hydrogen (secondary N) is 1. The largest absolute Gasteiger partial charge is 0.375 e. The van der Waals surface area contributed by atoms with Crippen molar-refractivity contribution in [1.82, 2.24) is 4.72 Å². The summed E-state index contributed by atoms with van der Waals surface area (Å²) in [6, 6.07) is 13.7. The van der Waals surface area contributed by atoms with E-state index in [1.807, 2.05) is 42.3 Å². The summed E-state index contributed by atoms with van der Waals surface area (Å²) in [5, 5.41) is 11.0. The fourth-order valence-electron chi connectivity index (χ4n) is 2.37. The van der Waals surface area contributed by atoms with Crippen LogP contribution in [-0.4, -0.2) is 33.5 Å². The first-order valence-corrected chi connectivity index (χ1v) is 9.30. The second-order valence-electron chi connectivity index (χ2n) is 5.71. The monoisotopic (exact) mass is 363 g/mol. The Morgan fingerprint density at radius 1 is 1.16 bits per heavy atom. The highest BCUT2D eigenvalue weighted by Crippen LogP contribution is 2.22. The Bertz CT molecular complexity index is 838. The number of nitrogens with zero attached hydrogens (tertiary/aromatic N) is 2. The average molecular weight is 363 g/mol. The number of aryl methyl sites for hydroxylation is 1. The molecule has 2 aromatic carbocycles. The van der Waals surface area contributed by atoms with Crippen LogP contribution in [0.2, 0.25) is 0 Å². The molecule has 1 N–H and O–H groups in total. The summed E-state index contributed by atoms with van der Waals surface area (Å²) in [6.45, 7) is 2.50. The summed E-state index contributed by atoms with van der Waals surface area (Å²) in [5.41, 5.74) is 1.28. The van der Waals surface area contributed by atoms with Crippen molar-refractivity contribution in [2.75, 3.05) is 25.0 Å². The molecule has 0 aliphatic heterocycles. The van der Waals surface area contributed by atoms with E-state index < -0.39 is 14.9 Å². The van der Waals surface area contributed by atoms with E-state index in [9.17, 15) is 18.5 Å². The maximum Gasteiger partial charge on any atom is 0.273 e. The van der Waals surface area contributed by atoms with Crippen LogP contribution in [0.25, 0.3) is 0 Å². The molecule has 0 unspecified atom stereocenters. The number of rotatable bonds is 8. The summed E-state index contributed by atoms with van der Waals surface area (Å²) in [4.78, 5) is 12.3. The number of nitro groups is 1. The molecule has 25 heavy (non-hydrogen) atoms. The Balaban J connectivity index is 1.94. The van der Waals surface area contributed by atoms with Crippen LogP contribution in [0.15, 0.2) is 53.4 Å². The van der Waals surface area contributed by atoms with Crippen molar-refractivity contribution < 1.29 is 13.3 Å². The van der Waals surface area contributed by atoms with Gasteiger partial charge in [-0.1, -0.05) is 24.3 Å². The molecule has 0 bridgehead atoms. The van der Waals surface area contributed by atoms with Crippen molar-refractivity contribution in [3.8, 4) is 0 Å². The van der Waals surface area contributed by atoms with Crippen LogP contribution >= 0.6 is 0 Å². The van der Waals surface area contributed by atoms with E-state index in [4.69, 9.17) is 0 Å². The predicted octanol–water partition coefficient (Wildman–Crippen LogP) is 2.71. The van der Waals surface area contributed by atoms with E-state index in [-0.39, 0.29) is 17.1 Å². The van der Waals surface area contributed by atoms with Crippen molar-refractivity contribution in [2.45, 2.75) is 18.2 Å². The van der Waals surface area contributed by atoms with Crippen LogP contribution in [0.1, 0.15) is 12.0 Å². The van der Waals surface area contributed by atoms with Crippen LogP contribution in [0.4, 0.5) is 11.4 Å². The Kier molecular flexibility index (Phi) is 6.11. The van der Waals surface area contributed by atoms with E-state index in [0.29, 0.717) is 18.5 Å². The number of para-hydroxylation sites is 1. The lowest BCUT2D eigenvalue weighted by atomic mass is 10.2. The minimum atomic E-state index is -3.77. The Hall–Kier alpha value is -2.45. The van der Waals surface area contributed by atoms with Gasteiger partial charge in [-0.15, -0.1) is 0 Å². The smallest absolute Gasteiger partial charge is 0.273 e. The molecule has 7 nitrogen and oxygen atoms in total. The molecule has 0 saturated carbocycles. The third-order valence-electron chi connectivity index (χ3n) is 3.85. The molecule has 2 rings (SSSR count). The van der Waals surface area contributed by atoms with Crippen LogP contribution < -0.4 is 9.62 Å². The number of hydrogen-bond donors (Lipinski definition) is 1. The van der Waals surface area contributed by atoms with E-state index in [2.05, 4.69) is 4.72 Å². The van der Waals surface area contributed by atoms with Gasteiger partial charge < -0.3 is 4.90 Å². The lowest BCUT2D eigenvalue weighted by molar-refractivity contribution is -0.385. The second kappa shape index (κ2) is 8.09. The zero-order chi connectivity index (χ0) is 18.4. The van der Waals surface area contributed by atoms with Gasteiger partial charge in [0.2, 0.25) is 10.0 Å². The van der Waals surface area contributed by atoms with E-state index in [1.165, 1.54) is 12.1 Å². The number of sulfonamides is 1. The molecule has 8 heteroatoms. The zero-order valence-corrected chi connectivity index (χ0v) is 15.0. The normalized spacial score (nSPS) is 11.3. The Morgan fingerprint density at radius 3 is 2.48 bits per heavy atom. The van der Waals surface area contributed by atoms with Gasteiger partial charge in [-0.05, 0) is 31.5 Å². The van der Waals surface area contributed by atoms with Gasteiger partial charge in [0.15, 0.2) is 0 Å².